The fourth-order valence-corrected chi connectivity index (χ4v) is 1.29. The lowest BCUT2D eigenvalue weighted by Crippen LogP contribution is -2.32. The molecule has 0 bridgehead atoms. The summed E-state index contributed by atoms with van der Waals surface area (Å²) in [6, 6.07) is 1.69. The van der Waals surface area contributed by atoms with Crippen molar-refractivity contribution in [3.05, 3.63) is 17.5 Å². The number of carbonyl (C=O) groups excluding carboxylic acids is 2. The number of carbonyl (C=O) groups is 2. The summed E-state index contributed by atoms with van der Waals surface area (Å²) >= 11 is 0. The molecule has 0 aliphatic carbocycles. The van der Waals surface area contributed by atoms with Gasteiger partial charge in [-0.3, -0.25) is 14.3 Å². The van der Waals surface area contributed by atoms with Gasteiger partial charge < -0.3 is 5.32 Å². The zero-order valence-corrected chi connectivity index (χ0v) is 10.1. The minimum absolute atomic E-state index is 0.0206. The average Bonchev–Trinajstić information content (AvgIpc) is 2.53. The first-order valence-corrected chi connectivity index (χ1v) is 5.23. The molecule has 0 saturated heterocycles. The van der Waals surface area contributed by atoms with Gasteiger partial charge in [-0.15, -0.1) is 0 Å². The van der Waals surface area contributed by atoms with Crippen molar-refractivity contribution in [1.82, 2.24) is 15.1 Å². The van der Waals surface area contributed by atoms with Crippen LogP contribution in [-0.4, -0.2) is 28.0 Å². The zero-order valence-electron chi connectivity index (χ0n) is 10.1. The van der Waals surface area contributed by atoms with Gasteiger partial charge in [0.05, 0.1) is 12.2 Å². The van der Waals surface area contributed by atoms with Gasteiger partial charge in [0.25, 0.3) is 5.91 Å². The first-order valence-electron chi connectivity index (χ1n) is 5.23. The standard InChI is InChI=1S/C11H17N3O2/c1-7(2)10(15)6-12-11(16)9-5-8(3)13-14(9)4/h5,7H,6H2,1-4H3,(H,12,16). The van der Waals surface area contributed by atoms with Gasteiger partial charge in [0.15, 0.2) is 5.78 Å². The highest BCUT2D eigenvalue weighted by Crippen LogP contribution is 2.01. The van der Waals surface area contributed by atoms with Crippen LogP contribution in [0.3, 0.4) is 0 Å². The first kappa shape index (κ1) is 12.4. The molecule has 0 atom stereocenters. The van der Waals surface area contributed by atoms with E-state index in [1.165, 1.54) is 4.68 Å². The second-order valence-electron chi connectivity index (χ2n) is 4.10. The zero-order chi connectivity index (χ0) is 12.3. The number of amides is 1. The minimum Gasteiger partial charge on any atom is -0.344 e. The van der Waals surface area contributed by atoms with Crippen LogP contribution >= 0.6 is 0 Å². The summed E-state index contributed by atoms with van der Waals surface area (Å²) in [6.45, 7) is 5.50. The van der Waals surface area contributed by atoms with Crippen LogP contribution in [-0.2, 0) is 11.8 Å². The van der Waals surface area contributed by atoms with E-state index in [9.17, 15) is 9.59 Å². The Morgan fingerprint density at radius 2 is 2.12 bits per heavy atom. The van der Waals surface area contributed by atoms with E-state index in [1.807, 2.05) is 20.8 Å². The van der Waals surface area contributed by atoms with Crippen molar-refractivity contribution in [3.63, 3.8) is 0 Å². The highest BCUT2D eigenvalue weighted by Gasteiger charge is 2.13. The number of Topliss-reactive ketones (excluding diaryl/α,β-unsaturated/α-hetero) is 1. The van der Waals surface area contributed by atoms with Gasteiger partial charge in [-0.2, -0.15) is 5.10 Å². The molecule has 1 N–H and O–H groups in total. The van der Waals surface area contributed by atoms with E-state index in [0.29, 0.717) is 5.69 Å². The number of nitrogens with one attached hydrogen (secondary N) is 1. The molecule has 5 heteroatoms. The Hall–Kier alpha value is -1.65. The molecule has 88 valence electrons. The molecular formula is C11H17N3O2. The monoisotopic (exact) mass is 223 g/mol. The van der Waals surface area contributed by atoms with E-state index < -0.39 is 0 Å². The molecule has 1 amide bonds. The summed E-state index contributed by atoms with van der Waals surface area (Å²) in [5.41, 5.74) is 1.25. The van der Waals surface area contributed by atoms with Crippen molar-refractivity contribution in [1.29, 1.82) is 0 Å². The van der Waals surface area contributed by atoms with Crippen LogP contribution in [0.25, 0.3) is 0 Å². The SMILES string of the molecule is Cc1cc(C(=O)NCC(=O)C(C)C)n(C)n1. The fraction of sp³-hybridized carbons (Fsp3) is 0.545. The summed E-state index contributed by atoms with van der Waals surface area (Å²) < 4.78 is 1.50. The molecule has 0 radical (unpaired) electrons. The number of nitrogens with zero attached hydrogens (tertiary/aromatic N) is 2. The summed E-state index contributed by atoms with van der Waals surface area (Å²) in [4.78, 5) is 23.0. The van der Waals surface area contributed by atoms with E-state index >= 15 is 0 Å². The molecular weight excluding hydrogens is 206 g/mol. The first-order chi connectivity index (χ1) is 7.41. The van der Waals surface area contributed by atoms with Gasteiger partial charge >= 0.3 is 0 Å². The number of rotatable bonds is 4. The van der Waals surface area contributed by atoms with Gasteiger partial charge in [0.1, 0.15) is 5.69 Å². The van der Waals surface area contributed by atoms with Gasteiger partial charge in [-0.25, -0.2) is 0 Å². The number of ketones is 1. The van der Waals surface area contributed by atoms with Crippen molar-refractivity contribution < 1.29 is 9.59 Å². The van der Waals surface area contributed by atoms with Crippen molar-refractivity contribution in [2.24, 2.45) is 13.0 Å². The minimum atomic E-state index is -0.267. The molecule has 1 aromatic rings. The summed E-state index contributed by atoms with van der Waals surface area (Å²) in [6.07, 6.45) is 0. The number of aryl methyl sites for hydroxylation is 2. The fourth-order valence-electron chi connectivity index (χ4n) is 1.29. The highest BCUT2D eigenvalue weighted by molar-refractivity contribution is 5.95. The lowest BCUT2D eigenvalue weighted by molar-refractivity contribution is -0.120. The van der Waals surface area contributed by atoms with Crippen LogP contribution in [0, 0.1) is 12.8 Å². The molecule has 1 aromatic heterocycles. The van der Waals surface area contributed by atoms with E-state index in [2.05, 4.69) is 10.4 Å². The van der Waals surface area contributed by atoms with Crippen molar-refractivity contribution in [2.45, 2.75) is 20.8 Å². The van der Waals surface area contributed by atoms with Gasteiger partial charge in [-0.05, 0) is 13.0 Å². The van der Waals surface area contributed by atoms with Crippen LogP contribution in [0.5, 0.6) is 0 Å². The predicted molar refractivity (Wildman–Crippen MR) is 60.1 cm³/mol. The summed E-state index contributed by atoms with van der Waals surface area (Å²) in [5, 5.41) is 6.65. The molecule has 0 aliphatic rings. The molecule has 0 aromatic carbocycles. The highest BCUT2D eigenvalue weighted by atomic mass is 16.2. The Balaban J connectivity index is 2.60. The maximum atomic E-state index is 11.7. The van der Waals surface area contributed by atoms with E-state index in [4.69, 9.17) is 0 Å². The lowest BCUT2D eigenvalue weighted by Gasteiger charge is -2.06. The van der Waals surface area contributed by atoms with Crippen molar-refractivity contribution in [3.8, 4) is 0 Å². The Labute approximate surface area is 94.8 Å². The Bertz CT molecular complexity index is 407. The van der Waals surface area contributed by atoms with Gasteiger partial charge in [0.2, 0.25) is 0 Å². The quantitative estimate of drug-likeness (QED) is 0.816. The molecule has 0 aliphatic heterocycles. The third-order valence-electron chi connectivity index (χ3n) is 2.30. The molecule has 16 heavy (non-hydrogen) atoms. The summed E-state index contributed by atoms with van der Waals surface area (Å²) in [5.74, 6) is -0.307. The normalized spacial score (nSPS) is 10.6. The maximum Gasteiger partial charge on any atom is 0.269 e. The molecule has 5 nitrogen and oxygen atoms in total. The van der Waals surface area contributed by atoms with E-state index in [-0.39, 0.29) is 24.2 Å². The molecule has 0 fully saturated rings. The second kappa shape index (κ2) is 4.92. The van der Waals surface area contributed by atoms with Crippen molar-refractivity contribution >= 4 is 11.7 Å². The Morgan fingerprint density at radius 3 is 2.56 bits per heavy atom. The Morgan fingerprint density at radius 1 is 1.50 bits per heavy atom. The largest absolute Gasteiger partial charge is 0.344 e. The van der Waals surface area contributed by atoms with Crippen LogP contribution in [0.15, 0.2) is 6.07 Å². The number of hydrogen-bond donors (Lipinski definition) is 1. The van der Waals surface area contributed by atoms with Crippen molar-refractivity contribution in [2.75, 3.05) is 6.54 Å². The predicted octanol–water partition coefficient (Wildman–Crippen LogP) is 0.683. The van der Waals surface area contributed by atoms with Crippen LogP contribution < -0.4 is 5.32 Å². The Kier molecular flexibility index (Phi) is 3.82. The van der Waals surface area contributed by atoms with Crippen LogP contribution in [0.2, 0.25) is 0 Å². The topological polar surface area (TPSA) is 64.0 Å². The van der Waals surface area contributed by atoms with Crippen LogP contribution in [0.1, 0.15) is 30.0 Å². The lowest BCUT2D eigenvalue weighted by atomic mass is 10.1. The molecule has 1 rings (SSSR count). The second-order valence-corrected chi connectivity index (χ2v) is 4.10. The molecule has 1 heterocycles. The molecule has 0 unspecified atom stereocenters. The smallest absolute Gasteiger partial charge is 0.269 e. The number of aromatic nitrogens is 2. The summed E-state index contributed by atoms with van der Waals surface area (Å²) in [7, 11) is 1.70. The average molecular weight is 223 g/mol. The molecule has 0 saturated carbocycles. The maximum absolute atomic E-state index is 11.7. The van der Waals surface area contributed by atoms with Gasteiger partial charge in [-0.1, -0.05) is 13.8 Å². The van der Waals surface area contributed by atoms with E-state index in [0.717, 1.165) is 5.69 Å². The third kappa shape index (κ3) is 2.92. The van der Waals surface area contributed by atoms with E-state index in [1.54, 1.807) is 13.1 Å². The molecule has 0 spiro atoms. The number of hydrogen-bond acceptors (Lipinski definition) is 3. The van der Waals surface area contributed by atoms with Crippen LogP contribution in [0.4, 0.5) is 0 Å². The third-order valence-corrected chi connectivity index (χ3v) is 2.30. The van der Waals surface area contributed by atoms with Gasteiger partial charge in [0, 0.05) is 13.0 Å².